The zero-order chi connectivity index (χ0) is 13.8. The van der Waals surface area contributed by atoms with E-state index in [0.717, 1.165) is 29.9 Å². The van der Waals surface area contributed by atoms with Crippen molar-refractivity contribution in [2.75, 3.05) is 5.73 Å². The second-order valence-electron chi connectivity index (χ2n) is 5.53. The third-order valence-electron chi connectivity index (χ3n) is 2.60. The van der Waals surface area contributed by atoms with Crippen molar-refractivity contribution in [1.82, 2.24) is 0 Å². The predicted octanol–water partition coefficient (Wildman–Crippen LogP) is 4.40. The van der Waals surface area contributed by atoms with E-state index >= 15 is 0 Å². The summed E-state index contributed by atoms with van der Waals surface area (Å²) >= 11 is 0. The zero-order valence-corrected chi connectivity index (χ0v) is 12.2. The van der Waals surface area contributed by atoms with Gasteiger partial charge in [-0.1, -0.05) is 19.4 Å². The molecule has 0 atom stereocenters. The molecular formula is C16H25NO. The average molecular weight is 247 g/mol. The van der Waals surface area contributed by atoms with E-state index in [9.17, 15) is 0 Å². The van der Waals surface area contributed by atoms with Gasteiger partial charge in [0.1, 0.15) is 11.4 Å². The van der Waals surface area contributed by atoms with Crippen LogP contribution < -0.4 is 5.73 Å². The van der Waals surface area contributed by atoms with Gasteiger partial charge in [0.15, 0.2) is 0 Å². The van der Waals surface area contributed by atoms with Crippen LogP contribution in [-0.2, 0) is 11.2 Å². The maximum atomic E-state index is 6.02. The Bertz CT molecular complexity index is 427. The van der Waals surface area contributed by atoms with Gasteiger partial charge >= 0.3 is 0 Å². The van der Waals surface area contributed by atoms with E-state index in [2.05, 4.69) is 33.8 Å². The van der Waals surface area contributed by atoms with Crippen molar-refractivity contribution in [3.63, 3.8) is 0 Å². The minimum atomic E-state index is -0.198. The van der Waals surface area contributed by atoms with Crippen molar-refractivity contribution in [3.05, 3.63) is 35.4 Å². The molecule has 0 aliphatic heterocycles. The molecule has 0 radical (unpaired) electrons. The van der Waals surface area contributed by atoms with Gasteiger partial charge in [0.25, 0.3) is 0 Å². The van der Waals surface area contributed by atoms with Crippen LogP contribution in [0, 0.1) is 0 Å². The summed E-state index contributed by atoms with van der Waals surface area (Å²) < 4.78 is 6.02. The Morgan fingerprint density at radius 2 is 2.00 bits per heavy atom. The molecule has 0 heterocycles. The first-order chi connectivity index (χ1) is 8.37. The maximum absolute atomic E-state index is 6.02. The van der Waals surface area contributed by atoms with Crippen LogP contribution in [-0.4, -0.2) is 5.60 Å². The van der Waals surface area contributed by atoms with Gasteiger partial charge in [-0.3, -0.25) is 0 Å². The van der Waals surface area contributed by atoms with Gasteiger partial charge in [0.05, 0.1) is 0 Å². The minimum Gasteiger partial charge on any atom is -0.488 e. The summed E-state index contributed by atoms with van der Waals surface area (Å²) in [6.07, 6.45) is 4.17. The lowest BCUT2D eigenvalue weighted by molar-refractivity contribution is 0.0967. The number of anilines is 1. The predicted molar refractivity (Wildman–Crippen MR) is 79.3 cm³/mol. The van der Waals surface area contributed by atoms with E-state index in [1.807, 2.05) is 25.1 Å². The van der Waals surface area contributed by atoms with Gasteiger partial charge in [-0.2, -0.15) is 0 Å². The molecule has 0 aliphatic rings. The Balaban J connectivity index is 3.15. The lowest BCUT2D eigenvalue weighted by atomic mass is 10.00. The van der Waals surface area contributed by atoms with Crippen LogP contribution in [0.2, 0.25) is 0 Å². The van der Waals surface area contributed by atoms with E-state index in [-0.39, 0.29) is 5.60 Å². The van der Waals surface area contributed by atoms with Crippen LogP contribution in [0.15, 0.2) is 24.3 Å². The standard InChI is InChI=1S/C16H25NO/c1-6-8-12-9-10-13(17)11-14(12)15(7-2)18-16(3,4)5/h7,9-11H,6,8,17H2,1-5H3/b15-7+. The SMILES string of the molecule is C/C=C(/OC(C)(C)C)c1cc(N)ccc1CCC. The van der Waals surface area contributed by atoms with Crippen molar-refractivity contribution in [1.29, 1.82) is 0 Å². The summed E-state index contributed by atoms with van der Waals surface area (Å²) in [6, 6.07) is 6.06. The first-order valence-corrected chi connectivity index (χ1v) is 6.61. The summed E-state index contributed by atoms with van der Waals surface area (Å²) in [4.78, 5) is 0. The Hall–Kier alpha value is -1.44. The molecule has 2 nitrogen and oxygen atoms in total. The summed E-state index contributed by atoms with van der Waals surface area (Å²) in [7, 11) is 0. The van der Waals surface area contributed by atoms with Crippen LogP contribution in [0.4, 0.5) is 5.69 Å². The third kappa shape index (κ3) is 4.10. The van der Waals surface area contributed by atoms with Gasteiger partial charge in [-0.25, -0.2) is 0 Å². The molecule has 0 aromatic heterocycles. The summed E-state index contributed by atoms with van der Waals surface area (Å²) in [5, 5.41) is 0. The summed E-state index contributed by atoms with van der Waals surface area (Å²) in [5.74, 6) is 0.915. The molecule has 2 N–H and O–H groups in total. The van der Waals surface area contributed by atoms with E-state index in [0.29, 0.717) is 0 Å². The molecule has 0 unspecified atom stereocenters. The minimum absolute atomic E-state index is 0.198. The van der Waals surface area contributed by atoms with Crippen molar-refractivity contribution in [2.24, 2.45) is 0 Å². The fourth-order valence-corrected chi connectivity index (χ4v) is 1.91. The molecule has 18 heavy (non-hydrogen) atoms. The van der Waals surface area contributed by atoms with Crippen LogP contribution >= 0.6 is 0 Å². The number of allylic oxidation sites excluding steroid dienone is 1. The van der Waals surface area contributed by atoms with Crippen LogP contribution in [0.3, 0.4) is 0 Å². The zero-order valence-electron chi connectivity index (χ0n) is 12.2. The Kier molecular flexibility index (Phi) is 4.83. The molecule has 0 amide bonds. The van der Waals surface area contributed by atoms with Gasteiger partial charge in [-0.05, 0) is 57.9 Å². The largest absolute Gasteiger partial charge is 0.488 e. The number of rotatable bonds is 4. The molecule has 100 valence electrons. The molecule has 0 spiro atoms. The highest BCUT2D eigenvalue weighted by molar-refractivity contribution is 5.66. The average Bonchev–Trinajstić information content (AvgIpc) is 2.27. The van der Waals surface area contributed by atoms with Crippen molar-refractivity contribution < 1.29 is 4.74 Å². The molecule has 1 aromatic carbocycles. The number of aryl methyl sites for hydroxylation is 1. The lowest BCUT2D eigenvalue weighted by Gasteiger charge is -2.25. The Labute approximate surface area is 111 Å². The number of nitrogens with two attached hydrogens (primary N) is 1. The lowest BCUT2D eigenvalue weighted by Crippen LogP contribution is -2.18. The number of hydrogen-bond donors (Lipinski definition) is 1. The molecule has 1 aromatic rings. The number of benzene rings is 1. The van der Waals surface area contributed by atoms with Gasteiger partial charge < -0.3 is 10.5 Å². The van der Waals surface area contributed by atoms with E-state index in [1.54, 1.807) is 0 Å². The highest BCUT2D eigenvalue weighted by atomic mass is 16.5. The monoisotopic (exact) mass is 247 g/mol. The van der Waals surface area contributed by atoms with Gasteiger partial charge in [-0.15, -0.1) is 0 Å². The van der Waals surface area contributed by atoms with E-state index in [4.69, 9.17) is 10.5 Å². The highest BCUT2D eigenvalue weighted by Gasteiger charge is 2.16. The van der Waals surface area contributed by atoms with E-state index in [1.165, 1.54) is 5.56 Å². The van der Waals surface area contributed by atoms with Crippen LogP contribution in [0.5, 0.6) is 0 Å². The molecule has 1 rings (SSSR count). The van der Waals surface area contributed by atoms with Crippen molar-refractivity contribution >= 4 is 11.4 Å². The maximum Gasteiger partial charge on any atom is 0.123 e. The quantitative estimate of drug-likeness (QED) is 0.632. The summed E-state index contributed by atoms with van der Waals surface area (Å²) in [6.45, 7) is 10.4. The normalized spacial score (nSPS) is 12.6. The third-order valence-corrected chi connectivity index (χ3v) is 2.60. The molecule has 2 heteroatoms. The first kappa shape index (κ1) is 14.6. The Morgan fingerprint density at radius 1 is 1.33 bits per heavy atom. The number of hydrogen-bond acceptors (Lipinski definition) is 2. The second-order valence-corrected chi connectivity index (χ2v) is 5.53. The fraction of sp³-hybridized carbons (Fsp3) is 0.500. The van der Waals surface area contributed by atoms with Crippen LogP contribution in [0.25, 0.3) is 5.76 Å². The first-order valence-electron chi connectivity index (χ1n) is 6.61. The molecular weight excluding hydrogens is 222 g/mol. The highest BCUT2D eigenvalue weighted by Crippen LogP contribution is 2.28. The molecule has 0 saturated heterocycles. The molecule has 0 fully saturated rings. The van der Waals surface area contributed by atoms with Gasteiger partial charge in [0.2, 0.25) is 0 Å². The second kappa shape index (κ2) is 5.94. The van der Waals surface area contributed by atoms with Crippen molar-refractivity contribution in [3.8, 4) is 0 Å². The molecule has 0 bridgehead atoms. The Morgan fingerprint density at radius 3 is 2.50 bits per heavy atom. The van der Waals surface area contributed by atoms with Gasteiger partial charge in [0, 0.05) is 11.3 Å². The smallest absolute Gasteiger partial charge is 0.123 e. The molecule has 0 saturated carbocycles. The number of ether oxygens (including phenoxy) is 1. The summed E-state index contributed by atoms with van der Waals surface area (Å²) in [5.41, 5.74) is 8.89. The number of nitrogen functional groups attached to an aromatic ring is 1. The fourth-order valence-electron chi connectivity index (χ4n) is 1.91. The van der Waals surface area contributed by atoms with E-state index < -0.39 is 0 Å². The van der Waals surface area contributed by atoms with Crippen molar-refractivity contribution in [2.45, 2.75) is 53.1 Å². The molecule has 0 aliphatic carbocycles. The topological polar surface area (TPSA) is 35.2 Å². The van der Waals surface area contributed by atoms with Crippen LogP contribution in [0.1, 0.15) is 52.2 Å².